The van der Waals surface area contributed by atoms with Crippen molar-refractivity contribution in [3.63, 3.8) is 0 Å². The van der Waals surface area contributed by atoms with E-state index in [-0.39, 0.29) is 0 Å². The maximum absolute atomic E-state index is 5.34. The zero-order valence-electron chi connectivity index (χ0n) is 6.60. The van der Waals surface area contributed by atoms with E-state index in [4.69, 9.17) is 5.73 Å². The third kappa shape index (κ3) is 7.50. The fourth-order valence-corrected chi connectivity index (χ4v) is 0.827. The van der Waals surface area contributed by atoms with E-state index in [9.17, 15) is 0 Å². The molecule has 0 bridgehead atoms. The highest BCUT2D eigenvalue weighted by atomic mass is 14.8. The van der Waals surface area contributed by atoms with E-state index >= 15 is 0 Å². The molecule has 0 aromatic heterocycles. The number of hydrogen-bond acceptors (Lipinski definition) is 2. The maximum Gasteiger partial charge on any atom is 0.0141 e. The van der Waals surface area contributed by atoms with Gasteiger partial charge >= 0.3 is 0 Å². The zero-order valence-corrected chi connectivity index (χ0v) is 6.60. The summed E-state index contributed by atoms with van der Waals surface area (Å²) in [4.78, 5) is 0. The van der Waals surface area contributed by atoms with Crippen molar-refractivity contribution >= 4 is 0 Å². The van der Waals surface area contributed by atoms with Gasteiger partial charge in [-0.2, -0.15) is 0 Å². The minimum atomic E-state index is 0.828. The average molecular weight is 142 g/mol. The number of nitrogens with two attached hydrogens (primary N) is 1. The molecule has 3 N–H and O–H groups in total. The van der Waals surface area contributed by atoms with Crippen LogP contribution in [0.2, 0.25) is 0 Å². The Kier molecular flexibility index (Phi) is 8.07. The van der Waals surface area contributed by atoms with Crippen LogP contribution in [0.5, 0.6) is 0 Å². The first-order chi connectivity index (χ1) is 4.91. The molecular weight excluding hydrogens is 124 g/mol. The summed E-state index contributed by atoms with van der Waals surface area (Å²) in [7, 11) is 0. The maximum atomic E-state index is 5.34. The van der Waals surface area contributed by atoms with Crippen molar-refractivity contribution in [2.24, 2.45) is 5.73 Å². The van der Waals surface area contributed by atoms with Gasteiger partial charge in [-0.1, -0.05) is 19.4 Å². The van der Waals surface area contributed by atoms with Gasteiger partial charge in [0.1, 0.15) is 0 Å². The lowest BCUT2D eigenvalue weighted by molar-refractivity contribution is 0.630. The molecule has 0 radical (unpaired) electrons. The first kappa shape index (κ1) is 9.50. The Morgan fingerprint density at radius 3 is 2.50 bits per heavy atom. The fraction of sp³-hybridized carbons (Fsp3) is 0.750. The Bertz CT molecular complexity index is 71.7. The van der Waals surface area contributed by atoms with Crippen LogP contribution < -0.4 is 11.1 Å². The van der Waals surface area contributed by atoms with Gasteiger partial charge in [0.05, 0.1) is 0 Å². The van der Waals surface area contributed by atoms with Crippen molar-refractivity contribution in [1.82, 2.24) is 5.32 Å². The monoisotopic (exact) mass is 142 g/mol. The van der Waals surface area contributed by atoms with Gasteiger partial charge in [0.25, 0.3) is 0 Å². The normalized spacial score (nSPS) is 9.30. The summed E-state index contributed by atoms with van der Waals surface area (Å²) in [5.41, 5.74) is 5.34. The van der Waals surface area contributed by atoms with Crippen molar-refractivity contribution in [2.75, 3.05) is 13.1 Å². The van der Waals surface area contributed by atoms with Crippen LogP contribution in [0, 0.1) is 0 Å². The van der Waals surface area contributed by atoms with Gasteiger partial charge in [-0.3, -0.25) is 0 Å². The highest BCUT2D eigenvalue weighted by molar-refractivity contribution is 4.61. The second-order valence-electron chi connectivity index (χ2n) is 2.36. The molecule has 0 rings (SSSR count). The summed E-state index contributed by atoms with van der Waals surface area (Å²) < 4.78 is 0. The van der Waals surface area contributed by atoms with Crippen LogP contribution in [-0.2, 0) is 0 Å². The van der Waals surface area contributed by atoms with Gasteiger partial charge in [-0.15, -0.1) is 0 Å². The second kappa shape index (κ2) is 8.50. The quantitative estimate of drug-likeness (QED) is 0.525. The molecule has 0 spiro atoms. The van der Waals surface area contributed by atoms with Gasteiger partial charge in [-0.25, -0.2) is 0 Å². The lowest BCUT2D eigenvalue weighted by Gasteiger charge is -1.99. The molecular formula is C8H18N2. The zero-order chi connectivity index (χ0) is 7.66. The molecule has 0 aliphatic rings. The minimum absolute atomic E-state index is 0.828. The van der Waals surface area contributed by atoms with E-state index in [1.54, 1.807) is 6.20 Å². The third-order valence-corrected chi connectivity index (χ3v) is 1.42. The molecule has 0 aliphatic heterocycles. The molecule has 0 amide bonds. The molecule has 0 fully saturated rings. The number of nitrogens with one attached hydrogen (secondary N) is 1. The van der Waals surface area contributed by atoms with Gasteiger partial charge in [0, 0.05) is 6.54 Å². The molecule has 0 aromatic rings. The molecule has 0 heterocycles. The van der Waals surface area contributed by atoms with Crippen molar-refractivity contribution < 1.29 is 0 Å². The van der Waals surface area contributed by atoms with E-state index < -0.39 is 0 Å². The van der Waals surface area contributed by atoms with Crippen LogP contribution in [0.15, 0.2) is 12.8 Å². The smallest absolute Gasteiger partial charge is 0.0141 e. The van der Waals surface area contributed by atoms with Gasteiger partial charge in [0.2, 0.25) is 0 Å². The number of unbranched alkanes of at least 4 members (excludes halogenated alkanes) is 3. The van der Waals surface area contributed by atoms with Crippen LogP contribution >= 0.6 is 0 Å². The molecule has 0 aliphatic carbocycles. The van der Waals surface area contributed by atoms with Gasteiger partial charge in [0.15, 0.2) is 0 Å². The van der Waals surface area contributed by atoms with Crippen LogP contribution in [0.1, 0.15) is 25.7 Å². The lowest BCUT2D eigenvalue weighted by Crippen LogP contribution is -2.06. The Balaban J connectivity index is 2.70. The Morgan fingerprint density at radius 2 is 1.90 bits per heavy atom. The number of hydrogen-bond donors (Lipinski definition) is 2. The molecule has 0 aromatic carbocycles. The van der Waals surface area contributed by atoms with Crippen molar-refractivity contribution in [3.05, 3.63) is 12.8 Å². The third-order valence-electron chi connectivity index (χ3n) is 1.42. The Hall–Kier alpha value is -0.500. The van der Waals surface area contributed by atoms with Crippen molar-refractivity contribution in [1.29, 1.82) is 0 Å². The molecule has 0 atom stereocenters. The van der Waals surface area contributed by atoms with Crippen LogP contribution in [0.3, 0.4) is 0 Å². The van der Waals surface area contributed by atoms with Crippen LogP contribution in [0.4, 0.5) is 0 Å². The summed E-state index contributed by atoms with van der Waals surface area (Å²) in [5, 5.41) is 3.06. The highest BCUT2D eigenvalue weighted by Gasteiger charge is 1.85. The SMILES string of the molecule is C=CNCCCCCCN. The summed E-state index contributed by atoms with van der Waals surface area (Å²) in [6.07, 6.45) is 6.66. The van der Waals surface area contributed by atoms with E-state index in [0.717, 1.165) is 19.5 Å². The molecule has 0 saturated carbocycles. The molecule has 0 unspecified atom stereocenters. The summed E-state index contributed by atoms with van der Waals surface area (Å²) in [6, 6.07) is 0. The van der Waals surface area contributed by atoms with Crippen LogP contribution in [-0.4, -0.2) is 13.1 Å². The van der Waals surface area contributed by atoms with E-state index in [1.807, 2.05) is 0 Å². The largest absolute Gasteiger partial charge is 0.391 e. The predicted octanol–water partition coefficient (Wildman–Crippen LogP) is 1.24. The standard InChI is InChI=1S/C8H18N2/c1-2-10-8-6-4-3-5-7-9/h2,10H,1,3-9H2. The van der Waals surface area contributed by atoms with Gasteiger partial charge in [-0.05, 0) is 25.6 Å². The molecule has 2 nitrogen and oxygen atoms in total. The van der Waals surface area contributed by atoms with E-state index in [0.29, 0.717) is 0 Å². The lowest BCUT2D eigenvalue weighted by atomic mass is 10.2. The first-order valence-electron chi connectivity index (χ1n) is 3.96. The first-order valence-corrected chi connectivity index (χ1v) is 3.96. The van der Waals surface area contributed by atoms with Crippen LogP contribution in [0.25, 0.3) is 0 Å². The molecule has 60 valence electrons. The second-order valence-corrected chi connectivity index (χ2v) is 2.36. The topological polar surface area (TPSA) is 38.0 Å². The predicted molar refractivity (Wildman–Crippen MR) is 45.7 cm³/mol. The molecule has 0 saturated heterocycles. The summed E-state index contributed by atoms with van der Waals surface area (Å²) in [5.74, 6) is 0. The average Bonchev–Trinajstić information content (AvgIpc) is 1.97. The number of rotatable bonds is 7. The summed E-state index contributed by atoms with van der Waals surface area (Å²) >= 11 is 0. The Morgan fingerprint density at radius 1 is 1.20 bits per heavy atom. The minimum Gasteiger partial charge on any atom is -0.391 e. The highest BCUT2D eigenvalue weighted by Crippen LogP contribution is 1.96. The molecule has 10 heavy (non-hydrogen) atoms. The van der Waals surface area contributed by atoms with Crippen molar-refractivity contribution in [2.45, 2.75) is 25.7 Å². The van der Waals surface area contributed by atoms with Crippen molar-refractivity contribution in [3.8, 4) is 0 Å². The molecule has 2 heteroatoms. The summed E-state index contributed by atoms with van der Waals surface area (Å²) in [6.45, 7) is 5.44. The van der Waals surface area contributed by atoms with E-state index in [1.165, 1.54) is 19.3 Å². The fourth-order valence-electron chi connectivity index (χ4n) is 0.827. The Labute approximate surface area is 63.5 Å². The van der Waals surface area contributed by atoms with E-state index in [2.05, 4.69) is 11.9 Å². The van der Waals surface area contributed by atoms with Gasteiger partial charge < -0.3 is 11.1 Å².